The van der Waals surface area contributed by atoms with Crippen molar-refractivity contribution >= 4 is 62.3 Å². The highest BCUT2D eigenvalue weighted by Gasteiger charge is 2.53. The molecule has 0 unspecified atom stereocenters. The maximum atomic E-state index is 15.2. The molecule has 0 radical (unpaired) electrons. The lowest BCUT2D eigenvalue weighted by Crippen LogP contribution is -2.59. The van der Waals surface area contributed by atoms with Gasteiger partial charge in [0.15, 0.2) is 21.2 Å². The van der Waals surface area contributed by atoms with Crippen molar-refractivity contribution in [3.05, 3.63) is 112 Å². The van der Waals surface area contributed by atoms with E-state index in [-0.39, 0.29) is 59.1 Å². The fourth-order valence-electron chi connectivity index (χ4n) is 11.2. The minimum Gasteiger partial charge on any atom is -0.444 e. The highest BCUT2D eigenvalue weighted by molar-refractivity contribution is 7.92. The summed E-state index contributed by atoms with van der Waals surface area (Å²) in [5.41, 5.74) is 0.589. The summed E-state index contributed by atoms with van der Waals surface area (Å²) in [5, 5.41) is 13.7. The average molecular weight is 1140 g/mol. The zero-order valence-electron chi connectivity index (χ0n) is 45.6. The zero-order valence-corrected chi connectivity index (χ0v) is 47.9. The van der Waals surface area contributed by atoms with Gasteiger partial charge in [-0.2, -0.15) is 5.10 Å². The fraction of sp³-hybridized carbons (Fsp3) is 0.552. The Balaban J connectivity index is 0.806. The number of oxazole rings is 1. The smallest absolute Gasteiger partial charge is 0.284 e. The van der Waals surface area contributed by atoms with Crippen molar-refractivity contribution in [1.29, 1.82) is 0 Å². The van der Waals surface area contributed by atoms with Crippen LogP contribution in [0.5, 0.6) is 0 Å². The highest BCUT2D eigenvalue weighted by atomic mass is 35.5. The van der Waals surface area contributed by atoms with Crippen LogP contribution in [-0.4, -0.2) is 106 Å². The molecule has 422 valence electrons. The third-order valence-electron chi connectivity index (χ3n) is 15.9. The Bertz CT molecular complexity index is 2960. The molecular weight excluding hydrogens is 1060 g/mol. The molecule has 3 aliphatic rings. The number of hydrogen-bond donors (Lipinski definition) is 3. The summed E-state index contributed by atoms with van der Waals surface area (Å²) in [6.45, 7) is 12.1. The minimum absolute atomic E-state index is 0.0456. The van der Waals surface area contributed by atoms with Gasteiger partial charge in [-0.05, 0) is 151 Å². The monoisotopic (exact) mass is 1130 g/mol. The van der Waals surface area contributed by atoms with Gasteiger partial charge in [-0.3, -0.25) is 19.1 Å². The summed E-state index contributed by atoms with van der Waals surface area (Å²) in [6.07, 6.45) is 10.00. The van der Waals surface area contributed by atoms with Crippen molar-refractivity contribution in [2.45, 2.75) is 141 Å². The van der Waals surface area contributed by atoms with Crippen LogP contribution in [0, 0.1) is 23.2 Å². The van der Waals surface area contributed by atoms with Gasteiger partial charge in [0.25, 0.3) is 12.3 Å². The third kappa shape index (κ3) is 14.9. The number of piperidine rings is 1. The number of pyridine rings is 1. The van der Waals surface area contributed by atoms with Crippen LogP contribution in [0.2, 0.25) is 10.0 Å². The maximum Gasteiger partial charge on any atom is 0.284 e. The molecule has 78 heavy (non-hydrogen) atoms. The number of nitrogens with one attached hydrogen (secondary N) is 3. The number of rotatable bonds is 25. The molecule has 2 aromatic carbocycles. The summed E-state index contributed by atoms with van der Waals surface area (Å²) < 4.78 is 63.0. The van der Waals surface area contributed by atoms with Crippen molar-refractivity contribution in [3.8, 4) is 11.5 Å². The topological polar surface area (TPSA) is 185 Å². The second-order valence-corrected chi connectivity index (χ2v) is 26.3. The number of aromatic nitrogens is 4. The predicted octanol–water partition coefficient (Wildman–Crippen LogP) is 12.2. The van der Waals surface area contributed by atoms with Gasteiger partial charge in [0, 0.05) is 66.0 Å². The van der Waals surface area contributed by atoms with Crippen LogP contribution in [0.1, 0.15) is 157 Å². The molecule has 4 heterocycles. The molecule has 3 amide bonds. The Hall–Kier alpha value is -5.43. The van der Waals surface area contributed by atoms with E-state index in [4.69, 9.17) is 27.6 Å². The first-order valence-electron chi connectivity index (χ1n) is 27.5. The number of hydrogen-bond acceptors (Lipinski definition) is 11. The molecule has 15 nitrogen and oxygen atoms in total. The van der Waals surface area contributed by atoms with Gasteiger partial charge < -0.3 is 30.2 Å². The van der Waals surface area contributed by atoms with Gasteiger partial charge >= 0.3 is 0 Å². The quantitative estimate of drug-likeness (QED) is 0.0473. The van der Waals surface area contributed by atoms with E-state index in [0.717, 1.165) is 75.7 Å². The lowest BCUT2D eigenvalue weighted by Gasteiger charge is -2.53. The molecule has 3 aromatic heterocycles. The number of amides is 3. The molecule has 20 heteroatoms. The molecule has 2 aliphatic carbocycles. The first-order valence-corrected chi connectivity index (χ1v) is 30.0. The van der Waals surface area contributed by atoms with E-state index in [2.05, 4.69) is 43.0 Å². The Morgan fingerprint density at radius 3 is 2.33 bits per heavy atom. The van der Waals surface area contributed by atoms with Gasteiger partial charge in [0.2, 0.25) is 17.7 Å². The molecule has 1 saturated heterocycles. The first kappa shape index (κ1) is 58.7. The number of anilines is 2. The Kier molecular flexibility index (Phi) is 19.4. The average Bonchev–Trinajstić information content (AvgIpc) is 4.00. The summed E-state index contributed by atoms with van der Waals surface area (Å²) in [7, 11) is -1.49. The van der Waals surface area contributed by atoms with Gasteiger partial charge in [0.05, 0.1) is 34.2 Å². The molecule has 2 saturated carbocycles. The normalized spacial score (nSPS) is 21.4. The number of sulfone groups is 1. The van der Waals surface area contributed by atoms with Crippen LogP contribution in [0.25, 0.3) is 11.5 Å². The number of carbonyl (C=O) groups excluding carboxylic acids is 3. The Labute approximate surface area is 467 Å². The summed E-state index contributed by atoms with van der Waals surface area (Å²) in [5.74, 6) is 0.0379. The third-order valence-corrected chi connectivity index (χ3v) is 18.6. The van der Waals surface area contributed by atoms with Gasteiger partial charge in [-0.1, -0.05) is 74.7 Å². The number of carbonyl (C=O) groups is 3. The SMILES string of the molecule is CC(C)[C@@H](CS(=O)(=O)C(C)C)N1C(=O)[C@@](C)(CC(=O)NCCCCCN(C)C[C@H]2CC[C@H](n3cc(NC(=O)c4coc(-c5ccnc(NCC6CC6)c5)n4)c(C(F)F)n3)CC2)C[C@H](c2cccc(Cl)c2)[C@H]1c1ccc(Cl)cc1. The molecule has 0 spiro atoms. The second-order valence-electron chi connectivity index (χ2n) is 22.8. The molecule has 3 N–H and O–H groups in total. The number of unbranched alkanes of at least 4 members (excludes halogenated alkanes) is 2. The number of nitrogens with zero attached hydrogens (tertiary/aromatic N) is 6. The van der Waals surface area contributed by atoms with Crippen molar-refractivity contribution in [1.82, 2.24) is 34.9 Å². The number of halogens is 4. The van der Waals surface area contributed by atoms with Gasteiger partial charge in [0.1, 0.15) is 12.1 Å². The molecule has 3 fully saturated rings. The van der Waals surface area contributed by atoms with E-state index >= 15 is 4.79 Å². The molecule has 1 aliphatic heterocycles. The van der Waals surface area contributed by atoms with E-state index in [9.17, 15) is 26.8 Å². The molecule has 4 atom stereocenters. The van der Waals surface area contributed by atoms with Crippen molar-refractivity contribution in [2.24, 2.45) is 23.2 Å². The van der Waals surface area contributed by atoms with Crippen LogP contribution in [0.15, 0.2) is 83.7 Å². The van der Waals surface area contributed by atoms with Crippen LogP contribution >= 0.6 is 23.2 Å². The standard InChI is InChI=1S/C58H75Cl2F2N9O6S/c1-36(2)49(35-78(75,76)37(3)4)71-53(40-17-19-43(59)20-18-40)46(41-11-10-12-44(60)27-41)29-58(5,57(71)74)30-51(72)64-24-8-7-9-26-69(6)32-39-15-21-45(22-16-39)70-33-47(52(68-70)54(61)62)66-55(73)48-34-77-56(67-48)42-23-25-63-50(28-42)65-31-38-13-14-38/h10-12,17-20,23,25,27-28,33-34,36-39,45-46,49,53-54H,7-9,13-16,21-22,24,26,29-32,35H2,1-6H3,(H,63,65)(H,64,72)(H,66,73)/t39-,45-,46-,49-,53-,58-/m1/s1. The number of alkyl halides is 2. The predicted molar refractivity (Wildman–Crippen MR) is 302 cm³/mol. The van der Waals surface area contributed by atoms with E-state index in [0.29, 0.717) is 46.2 Å². The van der Waals surface area contributed by atoms with E-state index in [1.54, 1.807) is 60.0 Å². The Morgan fingerprint density at radius 1 is 0.923 bits per heavy atom. The first-order chi connectivity index (χ1) is 37.2. The van der Waals surface area contributed by atoms with Crippen LogP contribution in [-0.2, 0) is 19.4 Å². The van der Waals surface area contributed by atoms with Crippen molar-refractivity contribution in [3.63, 3.8) is 0 Å². The Morgan fingerprint density at radius 2 is 1.65 bits per heavy atom. The number of likely N-dealkylation sites (tertiary alicyclic amines) is 1. The molecule has 0 bridgehead atoms. The van der Waals surface area contributed by atoms with Crippen molar-refractivity contribution < 1.29 is 36.0 Å². The van der Waals surface area contributed by atoms with E-state index in [1.807, 2.05) is 51.1 Å². The lowest BCUT2D eigenvalue weighted by molar-refractivity contribution is -0.158. The van der Waals surface area contributed by atoms with Crippen molar-refractivity contribution in [2.75, 3.05) is 49.6 Å². The lowest BCUT2D eigenvalue weighted by atomic mass is 9.66. The summed E-state index contributed by atoms with van der Waals surface area (Å²) >= 11 is 13.0. The van der Waals surface area contributed by atoms with Crippen LogP contribution < -0.4 is 16.0 Å². The largest absolute Gasteiger partial charge is 0.444 e. The van der Waals surface area contributed by atoms with E-state index in [1.165, 1.54) is 25.3 Å². The summed E-state index contributed by atoms with van der Waals surface area (Å²) in [6, 6.07) is 17.1. The minimum atomic E-state index is -3.60. The van der Waals surface area contributed by atoms with E-state index < -0.39 is 50.6 Å². The fourth-order valence-corrected chi connectivity index (χ4v) is 12.9. The zero-order chi connectivity index (χ0) is 55.9. The molecular formula is C58H75Cl2F2N9O6S. The van der Waals surface area contributed by atoms with Gasteiger partial charge in [-0.15, -0.1) is 0 Å². The maximum absolute atomic E-state index is 15.2. The van der Waals surface area contributed by atoms with Crippen LogP contribution in [0.3, 0.4) is 0 Å². The second kappa shape index (κ2) is 25.8. The summed E-state index contributed by atoms with van der Waals surface area (Å²) in [4.78, 5) is 55.1. The number of benzene rings is 2. The van der Waals surface area contributed by atoms with Gasteiger partial charge in [-0.25, -0.2) is 27.2 Å². The van der Waals surface area contributed by atoms with Crippen LogP contribution in [0.4, 0.5) is 20.3 Å². The molecule has 5 aromatic rings. The molecule has 8 rings (SSSR count). The highest BCUT2D eigenvalue weighted by Crippen LogP contribution is 2.53.